The molecule has 7 heteroatoms. The summed E-state index contributed by atoms with van der Waals surface area (Å²) in [5.41, 5.74) is 0.724. The Labute approximate surface area is 132 Å². The summed E-state index contributed by atoms with van der Waals surface area (Å²) in [6.45, 7) is 6.22. The lowest BCUT2D eigenvalue weighted by Crippen LogP contribution is -2.30. The predicted octanol–water partition coefficient (Wildman–Crippen LogP) is 1.97. The summed E-state index contributed by atoms with van der Waals surface area (Å²) in [5, 5.41) is 3.22. The van der Waals surface area contributed by atoms with E-state index >= 15 is 0 Å². The first kappa shape index (κ1) is 17.1. The van der Waals surface area contributed by atoms with Gasteiger partial charge < -0.3 is 14.8 Å². The third-order valence-corrected chi connectivity index (χ3v) is 4.95. The highest BCUT2D eigenvalue weighted by Crippen LogP contribution is 2.31. The second-order valence-electron chi connectivity index (χ2n) is 5.14. The molecule has 0 saturated heterocycles. The van der Waals surface area contributed by atoms with Crippen molar-refractivity contribution in [3.05, 3.63) is 18.2 Å². The summed E-state index contributed by atoms with van der Waals surface area (Å²) in [6.07, 6.45) is 1.69. The lowest BCUT2D eigenvalue weighted by atomic mass is 10.2. The molecule has 1 heterocycles. The van der Waals surface area contributed by atoms with Gasteiger partial charge >= 0.3 is 0 Å². The lowest BCUT2D eigenvalue weighted by molar-refractivity contribution is 0.146. The van der Waals surface area contributed by atoms with Crippen LogP contribution in [-0.2, 0) is 14.8 Å². The first-order valence-electron chi connectivity index (χ1n) is 7.68. The van der Waals surface area contributed by atoms with Gasteiger partial charge in [0.1, 0.15) is 11.9 Å². The first-order chi connectivity index (χ1) is 10.6. The molecule has 0 radical (unpaired) electrons. The molecular weight excluding hydrogens is 304 g/mol. The minimum absolute atomic E-state index is 0.131. The predicted molar refractivity (Wildman–Crippen MR) is 85.9 cm³/mol. The maximum atomic E-state index is 12.3. The van der Waals surface area contributed by atoms with Gasteiger partial charge in [0.2, 0.25) is 10.0 Å². The second kappa shape index (κ2) is 7.80. The largest absolute Gasteiger partial charge is 0.486 e. The molecule has 0 aromatic heterocycles. The van der Waals surface area contributed by atoms with Crippen molar-refractivity contribution in [3.8, 4) is 5.75 Å². The summed E-state index contributed by atoms with van der Waals surface area (Å²) < 4.78 is 38.1. The van der Waals surface area contributed by atoms with Crippen molar-refractivity contribution < 1.29 is 17.9 Å². The van der Waals surface area contributed by atoms with Crippen LogP contribution in [0.2, 0.25) is 0 Å². The standard InChI is InChI=1S/C15H24N2O4S/c1-3-12-11-16-14-10-13(6-7-15(14)21-12)22(18,19)17-8-5-9-20-4-2/h6-7,10,12,16-17H,3-5,8-9,11H2,1-2H3. The van der Waals surface area contributed by atoms with Crippen molar-refractivity contribution in [3.63, 3.8) is 0 Å². The number of hydrogen-bond acceptors (Lipinski definition) is 5. The van der Waals surface area contributed by atoms with E-state index in [4.69, 9.17) is 9.47 Å². The van der Waals surface area contributed by atoms with Crippen LogP contribution in [0.5, 0.6) is 5.75 Å². The van der Waals surface area contributed by atoms with Crippen molar-refractivity contribution in [2.45, 2.75) is 37.7 Å². The monoisotopic (exact) mass is 328 g/mol. The van der Waals surface area contributed by atoms with Crippen molar-refractivity contribution in [2.75, 3.05) is 31.6 Å². The quantitative estimate of drug-likeness (QED) is 0.714. The fraction of sp³-hybridized carbons (Fsp3) is 0.600. The molecule has 22 heavy (non-hydrogen) atoms. The van der Waals surface area contributed by atoms with Crippen LogP contribution in [0.25, 0.3) is 0 Å². The summed E-state index contributed by atoms with van der Waals surface area (Å²) in [7, 11) is -3.50. The molecule has 124 valence electrons. The Balaban J connectivity index is 2.00. The zero-order valence-electron chi connectivity index (χ0n) is 13.1. The van der Waals surface area contributed by atoms with Crippen LogP contribution in [0.1, 0.15) is 26.7 Å². The molecule has 1 unspecified atom stereocenters. The van der Waals surface area contributed by atoms with Gasteiger partial charge in [-0.05, 0) is 38.0 Å². The van der Waals surface area contributed by atoms with Gasteiger partial charge in [-0.25, -0.2) is 13.1 Å². The van der Waals surface area contributed by atoms with Crippen LogP contribution in [0.3, 0.4) is 0 Å². The normalized spacial score (nSPS) is 17.5. The number of anilines is 1. The summed E-state index contributed by atoms with van der Waals surface area (Å²) in [6, 6.07) is 4.90. The first-order valence-corrected chi connectivity index (χ1v) is 9.17. The van der Waals surface area contributed by atoms with Gasteiger partial charge in [-0.1, -0.05) is 6.92 Å². The lowest BCUT2D eigenvalue weighted by Gasteiger charge is -2.26. The highest BCUT2D eigenvalue weighted by molar-refractivity contribution is 7.89. The molecular formula is C15H24N2O4S. The fourth-order valence-electron chi connectivity index (χ4n) is 2.20. The molecule has 1 atom stereocenters. The molecule has 0 saturated carbocycles. The van der Waals surface area contributed by atoms with Crippen LogP contribution < -0.4 is 14.8 Å². The zero-order valence-corrected chi connectivity index (χ0v) is 13.9. The van der Waals surface area contributed by atoms with Gasteiger partial charge in [0, 0.05) is 19.8 Å². The third-order valence-electron chi connectivity index (χ3n) is 3.49. The summed E-state index contributed by atoms with van der Waals surface area (Å²) >= 11 is 0. The molecule has 1 aliphatic rings. The maximum absolute atomic E-state index is 12.3. The molecule has 0 bridgehead atoms. The highest BCUT2D eigenvalue weighted by Gasteiger charge is 2.21. The van der Waals surface area contributed by atoms with E-state index in [1.807, 2.05) is 6.92 Å². The van der Waals surface area contributed by atoms with E-state index in [-0.39, 0.29) is 11.0 Å². The average Bonchev–Trinajstić information content (AvgIpc) is 2.53. The molecule has 0 amide bonds. The van der Waals surface area contributed by atoms with Crippen LogP contribution in [0, 0.1) is 0 Å². The number of rotatable bonds is 8. The molecule has 0 spiro atoms. The van der Waals surface area contributed by atoms with Crippen LogP contribution in [0.15, 0.2) is 23.1 Å². The van der Waals surface area contributed by atoms with Gasteiger partial charge in [-0.15, -0.1) is 0 Å². The van der Waals surface area contributed by atoms with E-state index in [0.717, 1.165) is 12.1 Å². The molecule has 2 rings (SSSR count). The van der Waals surface area contributed by atoms with E-state index in [1.165, 1.54) is 0 Å². The van der Waals surface area contributed by atoms with Crippen LogP contribution in [0.4, 0.5) is 5.69 Å². The SMILES string of the molecule is CCOCCCNS(=O)(=O)c1ccc2c(c1)NCC(CC)O2. The van der Waals surface area contributed by atoms with E-state index in [9.17, 15) is 8.42 Å². The number of ether oxygens (including phenoxy) is 2. The molecule has 2 N–H and O–H groups in total. The van der Waals surface area contributed by atoms with Crippen molar-refractivity contribution in [1.82, 2.24) is 4.72 Å². The van der Waals surface area contributed by atoms with E-state index in [0.29, 0.717) is 38.5 Å². The molecule has 1 aliphatic heterocycles. The minimum Gasteiger partial charge on any atom is -0.486 e. The molecule has 0 aliphatic carbocycles. The van der Waals surface area contributed by atoms with Crippen molar-refractivity contribution in [2.24, 2.45) is 0 Å². The van der Waals surface area contributed by atoms with Crippen molar-refractivity contribution >= 4 is 15.7 Å². The summed E-state index contributed by atoms with van der Waals surface area (Å²) in [4.78, 5) is 0.244. The van der Waals surface area contributed by atoms with Crippen molar-refractivity contribution in [1.29, 1.82) is 0 Å². The number of fused-ring (bicyclic) bond motifs is 1. The van der Waals surface area contributed by atoms with Crippen LogP contribution >= 0.6 is 0 Å². The van der Waals surface area contributed by atoms with E-state index in [1.54, 1.807) is 18.2 Å². The molecule has 0 fully saturated rings. The van der Waals surface area contributed by atoms with Gasteiger partial charge in [-0.2, -0.15) is 0 Å². The second-order valence-corrected chi connectivity index (χ2v) is 6.90. The fourth-order valence-corrected chi connectivity index (χ4v) is 3.30. The third kappa shape index (κ3) is 4.34. The maximum Gasteiger partial charge on any atom is 0.240 e. The van der Waals surface area contributed by atoms with E-state index in [2.05, 4.69) is 17.0 Å². The smallest absolute Gasteiger partial charge is 0.240 e. The number of sulfonamides is 1. The molecule has 1 aromatic carbocycles. The van der Waals surface area contributed by atoms with Crippen LogP contribution in [-0.4, -0.2) is 40.8 Å². The Bertz CT molecular complexity index is 589. The van der Waals surface area contributed by atoms with Gasteiger partial charge in [0.15, 0.2) is 0 Å². The Kier molecular flexibility index (Phi) is 6.05. The van der Waals surface area contributed by atoms with Gasteiger partial charge in [0.25, 0.3) is 0 Å². The Hall–Kier alpha value is -1.31. The highest BCUT2D eigenvalue weighted by atomic mass is 32.2. The zero-order chi connectivity index (χ0) is 16.0. The van der Waals surface area contributed by atoms with Gasteiger partial charge in [-0.3, -0.25) is 0 Å². The Morgan fingerprint density at radius 3 is 2.95 bits per heavy atom. The Morgan fingerprint density at radius 1 is 1.41 bits per heavy atom. The summed E-state index contributed by atoms with van der Waals surface area (Å²) in [5.74, 6) is 0.702. The number of nitrogens with one attached hydrogen (secondary N) is 2. The number of hydrogen-bond donors (Lipinski definition) is 2. The average molecular weight is 328 g/mol. The Morgan fingerprint density at radius 2 is 2.23 bits per heavy atom. The molecule has 6 nitrogen and oxygen atoms in total. The minimum atomic E-state index is -3.50. The van der Waals surface area contributed by atoms with Gasteiger partial charge in [0.05, 0.1) is 17.1 Å². The number of benzene rings is 1. The topological polar surface area (TPSA) is 76.7 Å². The molecule has 1 aromatic rings. The van der Waals surface area contributed by atoms with E-state index < -0.39 is 10.0 Å².